The van der Waals surface area contributed by atoms with Gasteiger partial charge in [-0.15, -0.1) is 0 Å². The van der Waals surface area contributed by atoms with Crippen LogP contribution in [0.1, 0.15) is 152 Å². The fraction of sp³-hybridized carbons (Fsp3) is 0.919. The van der Waals surface area contributed by atoms with Crippen LogP contribution in [0.15, 0.2) is 11.6 Å². The molecule has 3 saturated carbocycles. The maximum Gasteiger partial charge on any atom is 0.0655 e. The second-order valence-corrected chi connectivity index (χ2v) is 17.0. The van der Waals surface area contributed by atoms with Crippen LogP contribution < -0.4 is 0 Å². The summed E-state index contributed by atoms with van der Waals surface area (Å²) in [5.41, 5.74) is 3.31. The Balaban J connectivity index is 1.35. The number of unbranched alkanes of at least 4 members (excludes halogenated alkanes) is 1. The third-order valence-corrected chi connectivity index (χ3v) is 12.8. The molecule has 1 nitrogen and oxygen atoms in total. The second-order valence-electron chi connectivity index (χ2n) is 17.0. The van der Waals surface area contributed by atoms with Gasteiger partial charge in [0.15, 0.2) is 0 Å². The molecule has 0 bridgehead atoms. The van der Waals surface area contributed by atoms with Gasteiger partial charge in [-0.3, -0.25) is 0 Å². The smallest absolute Gasteiger partial charge is 0.0655 e. The molecule has 38 heavy (non-hydrogen) atoms. The van der Waals surface area contributed by atoms with Gasteiger partial charge < -0.3 is 0 Å². The molecule has 0 aromatic rings. The van der Waals surface area contributed by atoms with Gasteiger partial charge in [-0.25, -0.2) is 0 Å². The van der Waals surface area contributed by atoms with Gasteiger partial charge in [0, 0.05) is 5.92 Å². The van der Waals surface area contributed by atoms with E-state index >= 15 is 0 Å². The van der Waals surface area contributed by atoms with E-state index in [-0.39, 0.29) is 0 Å². The molecular weight excluding hydrogens is 458 g/mol. The fourth-order valence-corrected chi connectivity index (χ4v) is 10.7. The summed E-state index contributed by atoms with van der Waals surface area (Å²) in [6, 6.07) is 2.60. The largest absolute Gasteiger partial charge is 0.198 e. The summed E-state index contributed by atoms with van der Waals surface area (Å²) < 4.78 is 0. The van der Waals surface area contributed by atoms with Crippen molar-refractivity contribution in [3.05, 3.63) is 11.6 Å². The lowest BCUT2D eigenvalue weighted by Gasteiger charge is -2.58. The van der Waals surface area contributed by atoms with Crippen LogP contribution in [0.25, 0.3) is 0 Å². The molecule has 4 rings (SSSR count). The summed E-state index contributed by atoms with van der Waals surface area (Å²) in [4.78, 5) is 0. The number of nitrogens with zero attached hydrogens (tertiary/aromatic N) is 1. The van der Waals surface area contributed by atoms with E-state index in [0.717, 1.165) is 54.3 Å². The Morgan fingerprint density at radius 3 is 2.45 bits per heavy atom. The molecule has 10 atom stereocenters. The van der Waals surface area contributed by atoms with Crippen LogP contribution in [-0.2, 0) is 0 Å². The molecule has 4 aliphatic carbocycles. The SMILES string of the molecule is CC1=CCC2C3CCC(CCCCC(C)(C)C)C3(C)CCC2(C)C1CCC(C)CC1CC(C)CC(C#N)C1. The van der Waals surface area contributed by atoms with Gasteiger partial charge in [0.2, 0.25) is 0 Å². The first kappa shape index (κ1) is 30.2. The van der Waals surface area contributed by atoms with E-state index in [1.165, 1.54) is 83.5 Å². The zero-order chi connectivity index (χ0) is 27.7. The standard InChI is InChI=1S/C37H63N/c1-26(21-29-22-27(2)23-30(24-29)25-38)12-15-32-28(3)13-16-34-33-17-14-31(11-9-10-18-35(4,5)6)36(33,7)19-20-37(32,34)8/h13,26-27,29-34H,9-12,14-24H2,1-8H3. The zero-order valence-corrected chi connectivity index (χ0v) is 26.7. The average Bonchev–Trinajstić information content (AvgIpc) is 3.16. The summed E-state index contributed by atoms with van der Waals surface area (Å²) >= 11 is 0. The molecule has 0 amide bonds. The molecule has 0 N–H and O–H groups in total. The number of allylic oxidation sites excluding steroid dienone is 2. The van der Waals surface area contributed by atoms with Crippen molar-refractivity contribution < 1.29 is 0 Å². The van der Waals surface area contributed by atoms with E-state index in [1.54, 1.807) is 5.57 Å². The highest BCUT2D eigenvalue weighted by molar-refractivity contribution is 5.20. The molecule has 3 fully saturated rings. The fourth-order valence-electron chi connectivity index (χ4n) is 10.7. The maximum atomic E-state index is 9.53. The Kier molecular flexibility index (Phi) is 9.53. The third-order valence-electron chi connectivity index (χ3n) is 12.8. The molecule has 0 aliphatic heterocycles. The van der Waals surface area contributed by atoms with E-state index in [2.05, 4.69) is 67.5 Å². The van der Waals surface area contributed by atoms with Crippen LogP contribution in [0.3, 0.4) is 0 Å². The van der Waals surface area contributed by atoms with E-state index in [1.807, 2.05) is 0 Å². The van der Waals surface area contributed by atoms with E-state index < -0.39 is 0 Å². The van der Waals surface area contributed by atoms with Crippen molar-refractivity contribution in [1.82, 2.24) is 0 Å². The van der Waals surface area contributed by atoms with Crippen LogP contribution >= 0.6 is 0 Å². The van der Waals surface area contributed by atoms with Crippen LogP contribution in [0, 0.1) is 74.9 Å². The number of rotatable bonds is 9. The minimum absolute atomic E-state index is 0.310. The van der Waals surface area contributed by atoms with Crippen LogP contribution in [0.4, 0.5) is 0 Å². The lowest BCUT2D eigenvalue weighted by atomic mass is 9.46. The molecule has 1 heteroatoms. The van der Waals surface area contributed by atoms with Crippen molar-refractivity contribution in [2.75, 3.05) is 0 Å². The summed E-state index contributed by atoms with van der Waals surface area (Å²) in [7, 11) is 0. The molecule has 0 aromatic carbocycles. The van der Waals surface area contributed by atoms with Crippen LogP contribution in [0.2, 0.25) is 0 Å². The molecule has 4 aliphatic rings. The van der Waals surface area contributed by atoms with Crippen molar-refractivity contribution >= 4 is 0 Å². The summed E-state index contributed by atoms with van der Waals surface area (Å²) in [5.74, 6) is 6.22. The average molecular weight is 522 g/mol. The minimum atomic E-state index is 0.310. The number of nitriles is 1. The van der Waals surface area contributed by atoms with Gasteiger partial charge in [-0.05, 0) is 142 Å². The van der Waals surface area contributed by atoms with Crippen LogP contribution in [0.5, 0.6) is 0 Å². The van der Waals surface area contributed by atoms with E-state index in [4.69, 9.17) is 0 Å². The Bertz CT molecular complexity index is 855. The highest BCUT2D eigenvalue weighted by Crippen LogP contribution is 2.67. The quantitative estimate of drug-likeness (QED) is 0.218. The predicted octanol–water partition coefficient (Wildman–Crippen LogP) is 11.4. The molecule has 0 saturated heterocycles. The van der Waals surface area contributed by atoms with Crippen molar-refractivity contribution in [2.24, 2.45) is 63.6 Å². The van der Waals surface area contributed by atoms with Crippen molar-refractivity contribution in [3.63, 3.8) is 0 Å². The third kappa shape index (κ3) is 6.58. The highest BCUT2D eigenvalue weighted by atomic mass is 14.6. The van der Waals surface area contributed by atoms with E-state index in [9.17, 15) is 5.26 Å². The number of hydrogen-bond donors (Lipinski definition) is 0. The van der Waals surface area contributed by atoms with Gasteiger partial charge in [-0.1, -0.05) is 79.4 Å². The number of hydrogen-bond acceptors (Lipinski definition) is 1. The molecule has 10 unspecified atom stereocenters. The first-order valence-corrected chi connectivity index (χ1v) is 16.9. The topological polar surface area (TPSA) is 23.8 Å². The van der Waals surface area contributed by atoms with Gasteiger partial charge in [0.1, 0.15) is 0 Å². The normalized spacial score (nSPS) is 42.1. The van der Waals surface area contributed by atoms with Gasteiger partial charge in [0.05, 0.1) is 6.07 Å². The van der Waals surface area contributed by atoms with Crippen LogP contribution in [-0.4, -0.2) is 0 Å². The highest BCUT2D eigenvalue weighted by Gasteiger charge is 2.59. The van der Waals surface area contributed by atoms with Gasteiger partial charge in [-0.2, -0.15) is 5.26 Å². The molecule has 216 valence electrons. The summed E-state index contributed by atoms with van der Waals surface area (Å²) in [5, 5.41) is 9.53. The van der Waals surface area contributed by atoms with Crippen molar-refractivity contribution in [3.8, 4) is 6.07 Å². The number of fused-ring (bicyclic) bond motifs is 3. The first-order chi connectivity index (χ1) is 17.9. The van der Waals surface area contributed by atoms with E-state index in [0.29, 0.717) is 22.2 Å². The molecule has 0 aromatic heterocycles. The Hall–Kier alpha value is -0.770. The minimum Gasteiger partial charge on any atom is -0.198 e. The van der Waals surface area contributed by atoms with Crippen molar-refractivity contribution in [2.45, 2.75) is 152 Å². The molecule has 0 radical (unpaired) electrons. The maximum absolute atomic E-state index is 9.53. The Morgan fingerprint density at radius 1 is 1.00 bits per heavy atom. The summed E-state index contributed by atoms with van der Waals surface area (Å²) in [6.45, 7) is 20.0. The zero-order valence-electron chi connectivity index (χ0n) is 26.7. The molecule has 0 spiro atoms. The Labute approximate surface area is 238 Å². The molecular formula is C37H63N. The predicted molar refractivity (Wildman–Crippen MR) is 164 cm³/mol. The van der Waals surface area contributed by atoms with Crippen molar-refractivity contribution in [1.29, 1.82) is 5.26 Å². The monoisotopic (exact) mass is 521 g/mol. The van der Waals surface area contributed by atoms with Gasteiger partial charge in [0.25, 0.3) is 0 Å². The lowest BCUT2D eigenvalue weighted by molar-refractivity contribution is -0.0708. The summed E-state index contributed by atoms with van der Waals surface area (Å²) in [6.07, 6.45) is 23.4. The van der Waals surface area contributed by atoms with Gasteiger partial charge >= 0.3 is 0 Å². The first-order valence-electron chi connectivity index (χ1n) is 16.9. The second kappa shape index (κ2) is 12.0. The molecule has 0 heterocycles. The lowest BCUT2D eigenvalue weighted by Crippen LogP contribution is -2.51. The Morgan fingerprint density at radius 2 is 1.74 bits per heavy atom.